The van der Waals surface area contributed by atoms with Crippen LogP contribution in [0.2, 0.25) is 5.02 Å². The second kappa shape index (κ2) is 7.00. The highest BCUT2D eigenvalue weighted by molar-refractivity contribution is 7.91. The van der Waals surface area contributed by atoms with E-state index in [2.05, 4.69) is 9.97 Å². The standard InChI is InChI=1S/C23H21ClN2O3S/c1-13-14(2)29-23(25-13)22(30(27,28)17-6-4-3-5-7-17)15-10-18-19-12-16(24)8-9-20(19)26-21(18)11-15/h3-9,12,15,22,26H,10-11H2,1-2H3. The Kier molecular flexibility index (Phi) is 4.52. The van der Waals surface area contributed by atoms with Crippen molar-refractivity contribution in [3.05, 3.63) is 82.2 Å². The first-order valence-corrected chi connectivity index (χ1v) is 11.8. The van der Waals surface area contributed by atoms with Gasteiger partial charge in [0.1, 0.15) is 11.0 Å². The number of hydrogen-bond donors (Lipinski definition) is 1. The molecular formula is C23H21ClN2O3S. The Balaban J connectivity index is 1.61. The third-order valence-corrected chi connectivity index (χ3v) is 8.43. The first kappa shape index (κ1) is 19.4. The van der Waals surface area contributed by atoms with Gasteiger partial charge in [0.15, 0.2) is 9.84 Å². The molecule has 2 aromatic carbocycles. The van der Waals surface area contributed by atoms with Gasteiger partial charge in [-0.15, -0.1) is 0 Å². The van der Waals surface area contributed by atoms with Crippen LogP contribution < -0.4 is 0 Å². The van der Waals surface area contributed by atoms with E-state index in [0.717, 1.165) is 22.2 Å². The lowest BCUT2D eigenvalue weighted by atomic mass is 10.0. The van der Waals surface area contributed by atoms with E-state index in [1.807, 2.05) is 38.1 Å². The summed E-state index contributed by atoms with van der Waals surface area (Å²) < 4.78 is 33.3. The lowest BCUT2D eigenvalue weighted by Crippen LogP contribution is -2.24. The van der Waals surface area contributed by atoms with Crippen LogP contribution in [0.1, 0.15) is 33.9 Å². The van der Waals surface area contributed by atoms with Crippen molar-refractivity contribution < 1.29 is 12.8 Å². The third kappa shape index (κ3) is 3.06. The predicted octanol–water partition coefficient (Wildman–Crippen LogP) is 5.36. The Labute approximate surface area is 180 Å². The largest absolute Gasteiger partial charge is 0.444 e. The minimum Gasteiger partial charge on any atom is -0.444 e. The number of nitrogens with one attached hydrogen (secondary N) is 1. The molecule has 1 aliphatic carbocycles. The summed E-state index contributed by atoms with van der Waals surface area (Å²) in [6.45, 7) is 3.64. The maximum Gasteiger partial charge on any atom is 0.213 e. The van der Waals surface area contributed by atoms with Crippen molar-refractivity contribution in [2.45, 2.75) is 36.8 Å². The number of fused-ring (bicyclic) bond motifs is 3. The normalized spacial score (nSPS) is 17.4. The van der Waals surface area contributed by atoms with Gasteiger partial charge in [-0.1, -0.05) is 29.8 Å². The maximum absolute atomic E-state index is 13.7. The molecule has 0 fully saturated rings. The number of nitrogens with zero attached hydrogens (tertiary/aromatic N) is 1. The van der Waals surface area contributed by atoms with Crippen LogP contribution in [-0.4, -0.2) is 18.4 Å². The molecule has 2 unspecified atom stereocenters. The number of halogens is 1. The van der Waals surface area contributed by atoms with E-state index >= 15 is 0 Å². The van der Waals surface area contributed by atoms with Crippen LogP contribution in [0.4, 0.5) is 0 Å². The Hall–Kier alpha value is -2.57. The van der Waals surface area contributed by atoms with E-state index in [1.54, 1.807) is 24.3 Å². The Morgan fingerprint density at radius 2 is 1.90 bits per heavy atom. The Morgan fingerprint density at radius 3 is 2.60 bits per heavy atom. The average molecular weight is 441 g/mol. The van der Waals surface area contributed by atoms with E-state index in [1.165, 1.54) is 0 Å². The monoisotopic (exact) mass is 440 g/mol. The highest BCUT2D eigenvalue weighted by Crippen LogP contribution is 2.44. The van der Waals surface area contributed by atoms with Crippen molar-refractivity contribution in [2.75, 3.05) is 0 Å². The van der Waals surface area contributed by atoms with Crippen LogP contribution in [0.3, 0.4) is 0 Å². The summed E-state index contributed by atoms with van der Waals surface area (Å²) in [5.74, 6) is 0.732. The van der Waals surface area contributed by atoms with Gasteiger partial charge in [0.25, 0.3) is 0 Å². The average Bonchev–Trinajstić information content (AvgIpc) is 3.36. The fourth-order valence-corrected chi connectivity index (χ4v) is 6.52. The molecule has 0 radical (unpaired) electrons. The number of H-pyrrole nitrogens is 1. The minimum absolute atomic E-state index is 0.183. The minimum atomic E-state index is -3.69. The molecule has 0 saturated heterocycles. The highest BCUT2D eigenvalue weighted by atomic mass is 35.5. The molecule has 2 heterocycles. The van der Waals surface area contributed by atoms with Crippen LogP contribution in [0, 0.1) is 19.8 Å². The van der Waals surface area contributed by atoms with Gasteiger partial charge in [-0.25, -0.2) is 13.4 Å². The molecule has 30 heavy (non-hydrogen) atoms. The van der Waals surface area contributed by atoms with E-state index in [9.17, 15) is 8.42 Å². The Morgan fingerprint density at radius 1 is 1.13 bits per heavy atom. The molecular weight excluding hydrogens is 420 g/mol. The summed E-state index contributed by atoms with van der Waals surface area (Å²) in [5, 5.41) is 0.859. The van der Waals surface area contributed by atoms with Gasteiger partial charge < -0.3 is 9.40 Å². The molecule has 4 aromatic rings. The number of aromatic nitrogens is 2. The molecule has 0 bridgehead atoms. The second-order valence-corrected chi connectivity index (χ2v) is 10.4. The smallest absolute Gasteiger partial charge is 0.213 e. The first-order chi connectivity index (χ1) is 14.3. The SMILES string of the molecule is Cc1nc(C(C2Cc3[nH]c4ccc(Cl)cc4c3C2)S(=O)(=O)c2ccccc2)oc1C. The van der Waals surface area contributed by atoms with Gasteiger partial charge >= 0.3 is 0 Å². The van der Waals surface area contributed by atoms with Crippen LogP contribution in [0.25, 0.3) is 10.9 Å². The van der Waals surface area contributed by atoms with Crippen LogP contribution in [0.5, 0.6) is 0 Å². The molecule has 154 valence electrons. The summed E-state index contributed by atoms with van der Waals surface area (Å²) in [6.07, 6.45) is 1.23. The van der Waals surface area contributed by atoms with Crippen molar-refractivity contribution in [3.8, 4) is 0 Å². The predicted molar refractivity (Wildman–Crippen MR) is 117 cm³/mol. The van der Waals surface area contributed by atoms with E-state index in [-0.39, 0.29) is 16.7 Å². The third-order valence-electron chi connectivity index (χ3n) is 6.01. The van der Waals surface area contributed by atoms with Crippen LogP contribution in [0.15, 0.2) is 57.8 Å². The number of rotatable bonds is 4. The van der Waals surface area contributed by atoms with Crippen molar-refractivity contribution in [3.63, 3.8) is 0 Å². The lowest BCUT2D eigenvalue weighted by Gasteiger charge is -2.21. The van der Waals surface area contributed by atoms with Crippen molar-refractivity contribution in [1.29, 1.82) is 0 Å². The van der Waals surface area contributed by atoms with E-state index in [4.69, 9.17) is 16.0 Å². The topological polar surface area (TPSA) is 76.0 Å². The van der Waals surface area contributed by atoms with Gasteiger partial charge in [-0.3, -0.25) is 0 Å². The molecule has 5 nitrogen and oxygen atoms in total. The molecule has 5 rings (SSSR count). The zero-order chi connectivity index (χ0) is 21.0. The maximum atomic E-state index is 13.7. The quantitative estimate of drug-likeness (QED) is 0.463. The number of oxazole rings is 1. The van der Waals surface area contributed by atoms with Crippen molar-refractivity contribution in [2.24, 2.45) is 5.92 Å². The zero-order valence-electron chi connectivity index (χ0n) is 16.6. The summed E-state index contributed by atoms with van der Waals surface area (Å²) >= 11 is 6.21. The molecule has 0 aliphatic heterocycles. The number of hydrogen-bond acceptors (Lipinski definition) is 4. The number of aromatic amines is 1. The molecule has 1 aliphatic rings. The van der Waals surface area contributed by atoms with Crippen LogP contribution >= 0.6 is 11.6 Å². The second-order valence-electron chi connectivity index (χ2n) is 7.91. The van der Waals surface area contributed by atoms with E-state index in [0.29, 0.717) is 29.3 Å². The Bertz CT molecular complexity index is 1340. The summed E-state index contributed by atoms with van der Waals surface area (Å²) in [6, 6.07) is 14.3. The van der Waals surface area contributed by atoms with Gasteiger partial charge in [-0.2, -0.15) is 0 Å². The molecule has 7 heteroatoms. The molecule has 2 aromatic heterocycles. The van der Waals surface area contributed by atoms with Crippen molar-refractivity contribution in [1.82, 2.24) is 9.97 Å². The molecule has 0 amide bonds. The van der Waals surface area contributed by atoms with Gasteiger partial charge in [0.2, 0.25) is 5.89 Å². The summed E-state index contributed by atoms with van der Waals surface area (Å²) in [5.41, 5.74) is 3.93. The molecule has 0 saturated carbocycles. The fourth-order valence-electron chi connectivity index (χ4n) is 4.46. The van der Waals surface area contributed by atoms with Gasteiger partial charge in [0, 0.05) is 21.6 Å². The number of sulfone groups is 1. The fraction of sp³-hybridized carbons (Fsp3) is 0.261. The highest BCUT2D eigenvalue weighted by Gasteiger charge is 2.43. The lowest BCUT2D eigenvalue weighted by molar-refractivity contribution is 0.399. The number of benzene rings is 2. The summed E-state index contributed by atoms with van der Waals surface area (Å²) in [7, 11) is -3.69. The molecule has 2 atom stereocenters. The molecule has 1 N–H and O–H groups in total. The van der Waals surface area contributed by atoms with Gasteiger partial charge in [0.05, 0.1) is 10.6 Å². The van der Waals surface area contributed by atoms with Crippen LogP contribution in [-0.2, 0) is 22.7 Å². The van der Waals surface area contributed by atoms with Crippen molar-refractivity contribution >= 4 is 32.3 Å². The van der Waals surface area contributed by atoms with Gasteiger partial charge in [-0.05, 0) is 68.5 Å². The first-order valence-electron chi connectivity index (χ1n) is 9.86. The zero-order valence-corrected chi connectivity index (χ0v) is 18.2. The summed E-state index contributed by atoms with van der Waals surface area (Å²) in [4.78, 5) is 8.22. The van der Waals surface area contributed by atoms with E-state index < -0.39 is 15.1 Å². The molecule has 0 spiro atoms. The number of aryl methyl sites for hydroxylation is 2.